The van der Waals surface area contributed by atoms with Crippen LogP contribution in [0.1, 0.15) is 11.6 Å². The first-order chi connectivity index (χ1) is 11.0. The van der Waals surface area contributed by atoms with Gasteiger partial charge in [0, 0.05) is 17.8 Å². The molecule has 1 fully saturated rings. The lowest BCUT2D eigenvalue weighted by Gasteiger charge is -2.25. The van der Waals surface area contributed by atoms with E-state index in [1.807, 2.05) is 0 Å². The summed E-state index contributed by atoms with van der Waals surface area (Å²) in [6.07, 6.45) is 0. The second-order valence-electron chi connectivity index (χ2n) is 4.92. The lowest BCUT2D eigenvalue weighted by Crippen LogP contribution is -2.34. The van der Waals surface area contributed by atoms with E-state index in [9.17, 15) is 0 Å². The van der Waals surface area contributed by atoms with Crippen molar-refractivity contribution in [2.24, 2.45) is 0 Å². The van der Waals surface area contributed by atoms with E-state index < -0.39 is 0 Å². The maximum absolute atomic E-state index is 6.15. The van der Waals surface area contributed by atoms with Gasteiger partial charge < -0.3 is 20.5 Å². The molecule has 1 atom stereocenters. The maximum Gasteiger partial charge on any atom is 0.243 e. The molecule has 0 amide bonds. The number of rotatable bonds is 3. The van der Waals surface area contributed by atoms with Crippen LogP contribution < -0.4 is 15.8 Å². The molecule has 1 aromatic heterocycles. The van der Waals surface area contributed by atoms with Crippen LogP contribution in [-0.4, -0.2) is 30.0 Å². The van der Waals surface area contributed by atoms with E-state index >= 15 is 0 Å². The van der Waals surface area contributed by atoms with Crippen molar-refractivity contribution in [1.29, 1.82) is 0 Å². The van der Waals surface area contributed by atoms with Gasteiger partial charge in [0.1, 0.15) is 0 Å². The van der Waals surface area contributed by atoms with Crippen LogP contribution in [0, 0.1) is 0 Å². The normalized spacial score (nSPS) is 18.0. The number of morpholine rings is 1. The zero-order valence-electron chi connectivity index (χ0n) is 11.9. The zero-order valence-corrected chi connectivity index (χ0v) is 14.1. The molecule has 1 aromatic carbocycles. The van der Waals surface area contributed by atoms with E-state index in [1.165, 1.54) is 0 Å². The molecule has 0 bridgehead atoms. The molecular formula is C14H13Cl3N4O2. The minimum atomic E-state index is -0.113. The Morgan fingerprint density at radius 2 is 1.91 bits per heavy atom. The van der Waals surface area contributed by atoms with Gasteiger partial charge in [-0.3, -0.25) is 0 Å². The number of hydrogen-bond acceptors (Lipinski definition) is 6. The summed E-state index contributed by atoms with van der Waals surface area (Å²) in [6, 6.07) is 4.66. The van der Waals surface area contributed by atoms with Crippen LogP contribution in [0.4, 0.5) is 5.69 Å². The minimum Gasteiger partial charge on any atom is -0.434 e. The molecule has 6 nitrogen and oxygen atoms in total. The van der Waals surface area contributed by atoms with Crippen molar-refractivity contribution in [3.8, 4) is 11.6 Å². The van der Waals surface area contributed by atoms with Gasteiger partial charge in [0.05, 0.1) is 29.3 Å². The van der Waals surface area contributed by atoms with Gasteiger partial charge in [-0.15, -0.1) is 10.2 Å². The second kappa shape index (κ2) is 7.07. The van der Waals surface area contributed by atoms with E-state index in [-0.39, 0.29) is 32.9 Å². The van der Waals surface area contributed by atoms with E-state index in [0.717, 1.165) is 0 Å². The fraction of sp³-hybridized carbons (Fsp3) is 0.286. The number of nitrogens with two attached hydrogens (primary N) is 1. The Balaban J connectivity index is 1.97. The van der Waals surface area contributed by atoms with Crippen molar-refractivity contribution < 1.29 is 9.47 Å². The molecule has 1 aliphatic heterocycles. The first-order valence-corrected chi connectivity index (χ1v) is 7.94. The quantitative estimate of drug-likeness (QED) is 0.799. The van der Waals surface area contributed by atoms with Crippen LogP contribution >= 0.6 is 34.8 Å². The molecule has 23 heavy (non-hydrogen) atoms. The molecular weight excluding hydrogens is 363 g/mol. The summed E-state index contributed by atoms with van der Waals surface area (Å²) in [5, 5.41) is 12.0. The average Bonchev–Trinajstić information content (AvgIpc) is 2.53. The third-order valence-electron chi connectivity index (χ3n) is 3.27. The Labute approximate surface area is 147 Å². The van der Waals surface area contributed by atoms with Gasteiger partial charge in [-0.25, -0.2) is 0 Å². The summed E-state index contributed by atoms with van der Waals surface area (Å²) in [4.78, 5) is 0. The molecule has 9 heteroatoms. The molecule has 0 aliphatic carbocycles. The predicted octanol–water partition coefficient (Wildman–Crippen LogP) is 3.47. The smallest absolute Gasteiger partial charge is 0.243 e. The Hall–Kier alpha value is -1.31. The zero-order chi connectivity index (χ0) is 16.4. The molecule has 0 radical (unpaired) electrons. The second-order valence-corrected chi connectivity index (χ2v) is 6.13. The van der Waals surface area contributed by atoms with Gasteiger partial charge in [-0.2, -0.15) is 0 Å². The summed E-state index contributed by atoms with van der Waals surface area (Å²) in [5.41, 5.74) is 6.85. The number of nitrogens with one attached hydrogen (secondary N) is 1. The van der Waals surface area contributed by atoms with Crippen molar-refractivity contribution in [3.05, 3.63) is 39.0 Å². The third-order valence-corrected chi connectivity index (χ3v) is 4.02. The number of nitrogen functional groups attached to an aromatic ring is 1. The number of nitrogens with zero attached hydrogens (tertiary/aromatic N) is 2. The number of hydrogen-bond donors (Lipinski definition) is 2. The number of halogens is 3. The van der Waals surface area contributed by atoms with Crippen LogP contribution in [0.25, 0.3) is 0 Å². The number of anilines is 1. The van der Waals surface area contributed by atoms with Gasteiger partial charge in [-0.05, 0) is 18.2 Å². The number of aromatic nitrogens is 2. The highest BCUT2D eigenvalue weighted by Crippen LogP contribution is 2.39. The minimum absolute atomic E-state index is 0.113. The van der Waals surface area contributed by atoms with Gasteiger partial charge in [0.15, 0.2) is 10.9 Å². The molecule has 2 heterocycles. The van der Waals surface area contributed by atoms with Crippen molar-refractivity contribution in [2.75, 3.05) is 25.5 Å². The molecule has 0 saturated carbocycles. The highest BCUT2D eigenvalue weighted by molar-refractivity contribution is 6.37. The molecule has 122 valence electrons. The SMILES string of the molecule is Nc1cc(Cl)c(Oc2nnc(Cl)cc2C2COCCN2)c(Cl)c1. The van der Waals surface area contributed by atoms with Crippen LogP contribution in [-0.2, 0) is 4.74 Å². The molecule has 1 unspecified atom stereocenters. The summed E-state index contributed by atoms with van der Waals surface area (Å²) >= 11 is 18.3. The highest BCUT2D eigenvalue weighted by Gasteiger charge is 2.23. The lowest BCUT2D eigenvalue weighted by atomic mass is 10.1. The summed E-state index contributed by atoms with van der Waals surface area (Å²) < 4.78 is 11.3. The van der Waals surface area contributed by atoms with Gasteiger partial charge in [0.25, 0.3) is 0 Å². The van der Waals surface area contributed by atoms with Crippen LogP contribution in [0.5, 0.6) is 11.6 Å². The first-order valence-electron chi connectivity index (χ1n) is 6.81. The van der Waals surface area contributed by atoms with Crippen molar-refractivity contribution in [1.82, 2.24) is 15.5 Å². The lowest BCUT2D eigenvalue weighted by molar-refractivity contribution is 0.0759. The van der Waals surface area contributed by atoms with E-state index in [4.69, 9.17) is 50.0 Å². The highest BCUT2D eigenvalue weighted by atomic mass is 35.5. The fourth-order valence-electron chi connectivity index (χ4n) is 2.24. The van der Waals surface area contributed by atoms with Crippen LogP contribution in [0.2, 0.25) is 15.2 Å². The van der Waals surface area contributed by atoms with E-state index in [0.29, 0.717) is 31.0 Å². The first kappa shape index (κ1) is 16.5. The van der Waals surface area contributed by atoms with Crippen molar-refractivity contribution in [3.63, 3.8) is 0 Å². The Kier molecular flexibility index (Phi) is 5.08. The van der Waals surface area contributed by atoms with Gasteiger partial charge in [0.2, 0.25) is 5.88 Å². The summed E-state index contributed by atoms with van der Waals surface area (Å²) in [6.45, 7) is 1.84. The fourth-order valence-corrected chi connectivity index (χ4v) is 2.97. The molecule has 3 N–H and O–H groups in total. The molecule has 0 spiro atoms. The number of ether oxygens (including phenoxy) is 2. The largest absolute Gasteiger partial charge is 0.434 e. The van der Waals surface area contributed by atoms with Crippen molar-refractivity contribution >= 4 is 40.5 Å². The Bertz CT molecular complexity index is 700. The predicted molar refractivity (Wildman–Crippen MR) is 89.6 cm³/mol. The number of benzene rings is 1. The summed E-state index contributed by atoms with van der Waals surface area (Å²) in [7, 11) is 0. The Morgan fingerprint density at radius 1 is 1.17 bits per heavy atom. The molecule has 1 saturated heterocycles. The van der Waals surface area contributed by atoms with E-state index in [1.54, 1.807) is 18.2 Å². The molecule has 1 aliphatic rings. The standard InChI is InChI=1S/C14H13Cl3N4O2/c15-9-3-7(18)4-10(16)13(9)23-14-8(5-12(17)20-21-14)11-6-22-2-1-19-11/h3-5,11,19H,1-2,6,18H2. The maximum atomic E-state index is 6.15. The van der Waals surface area contributed by atoms with Crippen molar-refractivity contribution in [2.45, 2.75) is 6.04 Å². The Morgan fingerprint density at radius 3 is 2.57 bits per heavy atom. The van der Waals surface area contributed by atoms with Crippen LogP contribution in [0.3, 0.4) is 0 Å². The molecule has 2 aromatic rings. The van der Waals surface area contributed by atoms with Crippen LogP contribution in [0.15, 0.2) is 18.2 Å². The van der Waals surface area contributed by atoms with E-state index in [2.05, 4.69) is 15.5 Å². The summed E-state index contributed by atoms with van der Waals surface area (Å²) in [5.74, 6) is 0.517. The van der Waals surface area contributed by atoms with Gasteiger partial charge >= 0.3 is 0 Å². The monoisotopic (exact) mass is 374 g/mol. The van der Waals surface area contributed by atoms with Gasteiger partial charge in [-0.1, -0.05) is 34.8 Å². The molecule has 3 rings (SSSR count). The third kappa shape index (κ3) is 3.79. The topological polar surface area (TPSA) is 82.3 Å². The average molecular weight is 376 g/mol.